The molecule has 4 aromatic rings. The zero-order valence-electron chi connectivity index (χ0n) is 18.6. The summed E-state index contributed by atoms with van der Waals surface area (Å²) in [5, 5.41) is 15.6. The van der Waals surface area contributed by atoms with Crippen LogP contribution in [0.4, 0.5) is 0 Å². The Morgan fingerprint density at radius 3 is 2.64 bits per heavy atom. The van der Waals surface area contributed by atoms with Crippen LogP contribution in [0.1, 0.15) is 52.4 Å². The Morgan fingerprint density at radius 1 is 1.00 bits per heavy atom. The van der Waals surface area contributed by atoms with Gasteiger partial charge in [0.25, 0.3) is 0 Å². The lowest BCUT2D eigenvalue weighted by Crippen LogP contribution is -2.37. The first kappa shape index (κ1) is 21.2. The second-order valence-electron chi connectivity index (χ2n) is 8.69. The molecule has 0 spiro atoms. The summed E-state index contributed by atoms with van der Waals surface area (Å²) in [5.74, 6) is 0.0623. The van der Waals surface area contributed by atoms with Crippen LogP contribution in [0.5, 0.6) is 5.75 Å². The van der Waals surface area contributed by atoms with Gasteiger partial charge in [-0.2, -0.15) is 0 Å². The number of benzene rings is 4. The number of fused-ring (bicyclic) bond motifs is 2. The van der Waals surface area contributed by atoms with Crippen molar-refractivity contribution in [2.75, 3.05) is 6.54 Å². The molecular formula is C29H27NO3. The van der Waals surface area contributed by atoms with Gasteiger partial charge in [-0.05, 0) is 53.4 Å². The molecule has 0 aromatic heterocycles. The highest BCUT2D eigenvalue weighted by Crippen LogP contribution is 2.40. The van der Waals surface area contributed by atoms with Crippen molar-refractivity contribution in [3.63, 3.8) is 0 Å². The van der Waals surface area contributed by atoms with Crippen molar-refractivity contribution in [3.05, 3.63) is 113 Å². The molecule has 4 heteroatoms. The van der Waals surface area contributed by atoms with E-state index in [9.17, 15) is 9.90 Å². The second-order valence-corrected chi connectivity index (χ2v) is 8.69. The third-order valence-electron chi connectivity index (χ3n) is 6.56. The lowest BCUT2D eigenvalue weighted by Gasteiger charge is -2.33. The van der Waals surface area contributed by atoms with Gasteiger partial charge in [0.1, 0.15) is 11.9 Å². The lowest BCUT2D eigenvalue weighted by molar-refractivity contribution is 0.0696. The number of nitrogens with one attached hydrogen (secondary N) is 1. The molecule has 2 N–H and O–H groups in total. The van der Waals surface area contributed by atoms with E-state index in [0.717, 1.165) is 23.3 Å². The van der Waals surface area contributed by atoms with Crippen molar-refractivity contribution in [2.24, 2.45) is 0 Å². The molecule has 4 aromatic carbocycles. The van der Waals surface area contributed by atoms with E-state index >= 15 is 0 Å². The van der Waals surface area contributed by atoms with E-state index in [0.29, 0.717) is 12.1 Å². The first-order valence-corrected chi connectivity index (χ1v) is 11.4. The van der Waals surface area contributed by atoms with Gasteiger partial charge in [0, 0.05) is 24.1 Å². The van der Waals surface area contributed by atoms with Crippen LogP contribution in [-0.2, 0) is 0 Å². The third kappa shape index (κ3) is 4.35. The predicted octanol–water partition coefficient (Wildman–Crippen LogP) is 6.17. The largest absolute Gasteiger partial charge is 0.489 e. The number of ether oxygens (including phenoxy) is 1. The normalized spacial score (nSPS) is 18.3. The Bertz CT molecular complexity index is 1290. The molecule has 0 amide bonds. The predicted molar refractivity (Wildman–Crippen MR) is 131 cm³/mol. The number of aromatic carboxylic acids is 1. The summed E-state index contributed by atoms with van der Waals surface area (Å²) in [4.78, 5) is 11.5. The third-order valence-corrected chi connectivity index (χ3v) is 6.56. The van der Waals surface area contributed by atoms with Gasteiger partial charge in [0.05, 0.1) is 5.56 Å². The van der Waals surface area contributed by atoms with E-state index < -0.39 is 5.97 Å². The molecule has 1 heterocycles. The van der Waals surface area contributed by atoms with E-state index in [4.69, 9.17) is 4.74 Å². The van der Waals surface area contributed by atoms with Gasteiger partial charge in [-0.1, -0.05) is 72.8 Å². The number of para-hydroxylation sites is 1. The Hall–Kier alpha value is -3.63. The highest BCUT2D eigenvalue weighted by molar-refractivity contribution is 5.88. The monoisotopic (exact) mass is 437 g/mol. The molecule has 4 nitrogen and oxygen atoms in total. The van der Waals surface area contributed by atoms with E-state index in [-0.39, 0.29) is 18.1 Å². The topological polar surface area (TPSA) is 58.6 Å². The molecule has 33 heavy (non-hydrogen) atoms. The van der Waals surface area contributed by atoms with Crippen LogP contribution in [0.25, 0.3) is 10.8 Å². The van der Waals surface area contributed by atoms with Gasteiger partial charge in [0.2, 0.25) is 0 Å². The molecule has 5 rings (SSSR count). The van der Waals surface area contributed by atoms with Crippen molar-refractivity contribution in [1.29, 1.82) is 0 Å². The summed E-state index contributed by atoms with van der Waals surface area (Å²) in [7, 11) is 0. The number of carboxylic acids is 1. The molecule has 1 aliphatic rings. The van der Waals surface area contributed by atoms with E-state index in [1.165, 1.54) is 16.3 Å². The van der Waals surface area contributed by atoms with Gasteiger partial charge in [-0.25, -0.2) is 4.79 Å². The second kappa shape index (κ2) is 9.08. The molecule has 0 aliphatic carbocycles. The number of carbonyl (C=O) groups is 1. The van der Waals surface area contributed by atoms with Gasteiger partial charge < -0.3 is 15.2 Å². The maximum Gasteiger partial charge on any atom is 0.335 e. The molecule has 1 unspecified atom stereocenters. The molecule has 0 bridgehead atoms. The van der Waals surface area contributed by atoms with E-state index in [1.54, 1.807) is 12.1 Å². The highest BCUT2D eigenvalue weighted by atomic mass is 16.5. The summed E-state index contributed by atoms with van der Waals surface area (Å²) in [6.45, 7) is 2.89. The van der Waals surface area contributed by atoms with Crippen LogP contribution in [0.2, 0.25) is 0 Å². The fourth-order valence-corrected chi connectivity index (χ4v) is 4.87. The highest BCUT2D eigenvalue weighted by Gasteiger charge is 2.30. The Balaban J connectivity index is 1.37. The van der Waals surface area contributed by atoms with Crippen LogP contribution < -0.4 is 10.1 Å². The number of carboxylic acid groups (broad SMARTS) is 1. The molecular weight excluding hydrogens is 410 g/mol. The minimum Gasteiger partial charge on any atom is -0.489 e. The molecule has 0 saturated carbocycles. The molecule has 3 atom stereocenters. The van der Waals surface area contributed by atoms with Crippen molar-refractivity contribution in [3.8, 4) is 5.75 Å². The summed E-state index contributed by atoms with van der Waals surface area (Å²) in [6.07, 6.45) is 0.769. The average Bonchev–Trinajstić information content (AvgIpc) is 2.86. The van der Waals surface area contributed by atoms with Gasteiger partial charge in [0.15, 0.2) is 0 Å². The molecule has 166 valence electrons. The molecule has 0 saturated heterocycles. The molecule has 0 radical (unpaired) electrons. The summed E-state index contributed by atoms with van der Waals surface area (Å²) in [5.41, 5.74) is 3.71. The molecule has 1 aliphatic heterocycles. The first-order chi connectivity index (χ1) is 16.1. The zero-order chi connectivity index (χ0) is 22.8. The number of rotatable bonds is 6. The van der Waals surface area contributed by atoms with Crippen LogP contribution >= 0.6 is 0 Å². The fourth-order valence-electron chi connectivity index (χ4n) is 4.87. The summed E-state index contributed by atoms with van der Waals surface area (Å²) in [6, 6.07) is 30.4. The minimum atomic E-state index is -0.903. The fraction of sp³-hybridized carbons (Fsp3) is 0.207. The van der Waals surface area contributed by atoms with Crippen LogP contribution in [0.15, 0.2) is 91.0 Å². The smallest absolute Gasteiger partial charge is 0.335 e. The average molecular weight is 438 g/mol. The standard InChI is InChI=1S/C29H27NO3/c1-19(24-14-7-9-20-8-2-3-12-25(20)24)30-18-23-17-27(26-13-4-5-15-28(26)33-23)21-10-6-11-22(16-21)29(31)32/h2-16,19,23,27,30H,17-18H2,1H3,(H,31,32)/t19?,23-,27+/m0/s1. The maximum atomic E-state index is 11.5. The van der Waals surface area contributed by atoms with Crippen LogP contribution in [0.3, 0.4) is 0 Å². The summed E-state index contributed by atoms with van der Waals surface area (Å²) < 4.78 is 6.36. The van der Waals surface area contributed by atoms with Crippen molar-refractivity contribution < 1.29 is 14.6 Å². The van der Waals surface area contributed by atoms with Crippen molar-refractivity contribution in [1.82, 2.24) is 5.32 Å². The maximum absolute atomic E-state index is 11.5. The zero-order valence-corrected chi connectivity index (χ0v) is 18.6. The van der Waals surface area contributed by atoms with Crippen molar-refractivity contribution >= 4 is 16.7 Å². The SMILES string of the molecule is CC(NC[C@@H]1C[C@H](c2cccc(C(=O)O)c2)c2ccccc2O1)c1cccc2ccccc12. The molecule has 0 fully saturated rings. The minimum absolute atomic E-state index is 0.0178. The quantitative estimate of drug-likeness (QED) is 0.379. The Kier molecular flexibility index (Phi) is 5.84. The van der Waals surface area contributed by atoms with E-state index in [1.807, 2.05) is 30.3 Å². The van der Waals surface area contributed by atoms with Gasteiger partial charge >= 0.3 is 5.97 Å². The van der Waals surface area contributed by atoms with Crippen LogP contribution in [-0.4, -0.2) is 23.7 Å². The number of hydrogen-bond acceptors (Lipinski definition) is 3. The van der Waals surface area contributed by atoms with Gasteiger partial charge in [-0.3, -0.25) is 0 Å². The van der Waals surface area contributed by atoms with E-state index in [2.05, 4.69) is 60.8 Å². The van der Waals surface area contributed by atoms with Crippen LogP contribution in [0, 0.1) is 0 Å². The first-order valence-electron chi connectivity index (χ1n) is 11.4. The number of hydrogen-bond donors (Lipinski definition) is 2. The Morgan fingerprint density at radius 2 is 1.76 bits per heavy atom. The Labute approximate surface area is 193 Å². The van der Waals surface area contributed by atoms with Crippen molar-refractivity contribution in [2.45, 2.75) is 31.4 Å². The van der Waals surface area contributed by atoms with Gasteiger partial charge in [-0.15, -0.1) is 0 Å². The lowest BCUT2D eigenvalue weighted by atomic mass is 9.83. The summed E-state index contributed by atoms with van der Waals surface area (Å²) >= 11 is 0.